The minimum absolute atomic E-state index is 0.0547. The van der Waals surface area contributed by atoms with Crippen molar-refractivity contribution in [3.05, 3.63) is 113 Å². The van der Waals surface area contributed by atoms with Crippen LogP contribution in [0, 0.1) is 0 Å². The number of aliphatic hydroxyl groups is 2. The SMILES string of the molecule is O=C1CC=CC2=C1C(c1ccc(OCCO)cc1)(c1ccc(OCCO)cc1)c1ccccc12. The smallest absolute Gasteiger partial charge is 0.164 e. The van der Waals surface area contributed by atoms with Crippen molar-refractivity contribution in [2.24, 2.45) is 0 Å². The Hall–Kier alpha value is -3.67. The van der Waals surface area contributed by atoms with Gasteiger partial charge in [-0.1, -0.05) is 60.7 Å². The highest BCUT2D eigenvalue weighted by Crippen LogP contribution is 2.56. The summed E-state index contributed by atoms with van der Waals surface area (Å²) in [5.41, 5.74) is 5.02. The lowest BCUT2D eigenvalue weighted by Gasteiger charge is -2.35. The van der Waals surface area contributed by atoms with Gasteiger partial charge in [-0.3, -0.25) is 4.79 Å². The Morgan fingerprint density at radius 1 is 0.765 bits per heavy atom. The molecule has 0 saturated heterocycles. The number of aliphatic hydroxyl groups excluding tert-OH is 2. The van der Waals surface area contributed by atoms with E-state index in [0.717, 1.165) is 33.4 Å². The fraction of sp³-hybridized carbons (Fsp3) is 0.207. The van der Waals surface area contributed by atoms with Gasteiger partial charge in [0.2, 0.25) is 0 Å². The molecule has 3 aromatic rings. The molecule has 3 aromatic carbocycles. The molecule has 2 N–H and O–H groups in total. The Bertz CT molecular complexity index is 1200. The lowest BCUT2D eigenvalue weighted by molar-refractivity contribution is -0.115. The van der Waals surface area contributed by atoms with E-state index in [1.54, 1.807) is 0 Å². The molecule has 0 aromatic heterocycles. The molecule has 0 spiro atoms. The quantitative estimate of drug-likeness (QED) is 0.537. The summed E-state index contributed by atoms with van der Waals surface area (Å²) in [6, 6.07) is 23.7. The zero-order chi connectivity index (χ0) is 23.5. The van der Waals surface area contributed by atoms with Crippen molar-refractivity contribution in [2.45, 2.75) is 11.8 Å². The van der Waals surface area contributed by atoms with Crippen molar-refractivity contribution in [3.8, 4) is 11.5 Å². The number of ether oxygens (including phenoxy) is 2. The third-order valence-corrected chi connectivity index (χ3v) is 6.43. The first-order valence-electron chi connectivity index (χ1n) is 11.4. The Balaban J connectivity index is 1.74. The topological polar surface area (TPSA) is 76.0 Å². The molecule has 0 radical (unpaired) electrons. The lowest BCUT2D eigenvalue weighted by atomic mass is 9.65. The third kappa shape index (κ3) is 3.54. The van der Waals surface area contributed by atoms with Crippen LogP contribution in [0.15, 0.2) is 90.5 Å². The summed E-state index contributed by atoms with van der Waals surface area (Å²) >= 11 is 0. The number of hydrogen-bond donors (Lipinski definition) is 2. The fourth-order valence-electron chi connectivity index (χ4n) is 5.13. The van der Waals surface area contributed by atoms with E-state index in [1.165, 1.54) is 0 Å². The van der Waals surface area contributed by atoms with Crippen molar-refractivity contribution in [3.63, 3.8) is 0 Å². The Kier molecular flexibility index (Phi) is 6.05. The number of carbonyl (C=O) groups is 1. The van der Waals surface area contributed by atoms with Crippen LogP contribution in [-0.2, 0) is 10.2 Å². The number of carbonyl (C=O) groups excluding carboxylic acids is 1. The number of fused-ring (bicyclic) bond motifs is 2. The second-order valence-electron chi connectivity index (χ2n) is 8.31. The zero-order valence-electron chi connectivity index (χ0n) is 18.7. The lowest BCUT2D eigenvalue weighted by Crippen LogP contribution is -2.33. The van der Waals surface area contributed by atoms with Gasteiger partial charge in [0, 0.05) is 12.0 Å². The Morgan fingerprint density at radius 3 is 1.88 bits per heavy atom. The van der Waals surface area contributed by atoms with E-state index in [2.05, 4.69) is 18.2 Å². The molecule has 172 valence electrons. The van der Waals surface area contributed by atoms with E-state index in [9.17, 15) is 4.79 Å². The maximum Gasteiger partial charge on any atom is 0.164 e. The minimum Gasteiger partial charge on any atom is -0.491 e. The predicted octanol–water partition coefficient (Wildman–Crippen LogP) is 4.06. The monoisotopic (exact) mass is 454 g/mol. The van der Waals surface area contributed by atoms with E-state index in [0.29, 0.717) is 17.9 Å². The van der Waals surface area contributed by atoms with Crippen LogP contribution in [0.25, 0.3) is 5.57 Å². The summed E-state index contributed by atoms with van der Waals surface area (Å²) in [5, 5.41) is 18.2. The van der Waals surface area contributed by atoms with E-state index in [1.807, 2.05) is 66.7 Å². The third-order valence-electron chi connectivity index (χ3n) is 6.43. The minimum atomic E-state index is -0.779. The molecule has 5 heteroatoms. The number of hydrogen-bond acceptors (Lipinski definition) is 5. The first-order valence-corrected chi connectivity index (χ1v) is 11.4. The maximum atomic E-state index is 13.5. The molecule has 0 amide bonds. The summed E-state index contributed by atoms with van der Waals surface area (Å²) in [5.74, 6) is 1.43. The molecule has 2 aliphatic carbocycles. The molecular formula is C29H26O5. The molecule has 5 rings (SSSR count). The van der Waals surface area contributed by atoms with E-state index in [-0.39, 0.29) is 32.2 Å². The van der Waals surface area contributed by atoms with Crippen LogP contribution in [0.1, 0.15) is 28.7 Å². The van der Waals surface area contributed by atoms with Crippen molar-refractivity contribution in [2.75, 3.05) is 26.4 Å². The summed E-state index contributed by atoms with van der Waals surface area (Å²) in [7, 11) is 0. The molecule has 5 nitrogen and oxygen atoms in total. The van der Waals surface area contributed by atoms with Crippen LogP contribution >= 0.6 is 0 Å². The molecular weight excluding hydrogens is 428 g/mol. The van der Waals surface area contributed by atoms with Gasteiger partial charge in [0.25, 0.3) is 0 Å². The molecule has 0 unspecified atom stereocenters. The number of allylic oxidation sites excluding steroid dienone is 4. The van der Waals surface area contributed by atoms with Gasteiger partial charge in [-0.05, 0) is 52.1 Å². The van der Waals surface area contributed by atoms with Gasteiger partial charge >= 0.3 is 0 Å². The number of Topliss-reactive ketones (excluding diaryl/α,β-unsaturated/α-hetero) is 1. The molecule has 0 saturated carbocycles. The summed E-state index contributed by atoms with van der Waals surface area (Å²) < 4.78 is 11.2. The fourth-order valence-corrected chi connectivity index (χ4v) is 5.13. The van der Waals surface area contributed by atoms with E-state index in [4.69, 9.17) is 19.7 Å². The van der Waals surface area contributed by atoms with Crippen molar-refractivity contribution >= 4 is 11.4 Å². The van der Waals surface area contributed by atoms with Crippen LogP contribution in [0.5, 0.6) is 11.5 Å². The molecule has 0 atom stereocenters. The van der Waals surface area contributed by atoms with Crippen LogP contribution in [-0.4, -0.2) is 42.4 Å². The molecule has 0 heterocycles. The largest absolute Gasteiger partial charge is 0.491 e. The van der Waals surface area contributed by atoms with Crippen molar-refractivity contribution in [1.29, 1.82) is 0 Å². The van der Waals surface area contributed by atoms with Crippen LogP contribution in [0.3, 0.4) is 0 Å². The molecule has 0 aliphatic heterocycles. The normalized spacial score (nSPS) is 15.8. The van der Waals surface area contributed by atoms with Crippen LogP contribution < -0.4 is 9.47 Å². The average Bonchev–Trinajstić information content (AvgIpc) is 3.19. The standard InChI is InChI=1S/C29H26O5/c30-16-18-33-22-12-8-20(9-13-22)29(21-10-14-23(15-11-21)34-19-17-31)26-6-2-1-4-24(26)25-5-3-7-27(32)28(25)29/h1-6,8-15,30-31H,7,16-19H2. The van der Waals surface area contributed by atoms with Gasteiger partial charge in [0.1, 0.15) is 24.7 Å². The highest BCUT2D eigenvalue weighted by atomic mass is 16.5. The van der Waals surface area contributed by atoms with E-state index >= 15 is 0 Å². The Morgan fingerprint density at radius 2 is 1.32 bits per heavy atom. The van der Waals surface area contributed by atoms with Crippen molar-refractivity contribution in [1.82, 2.24) is 0 Å². The Labute approximate surface area is 198 Å². The maximum absolute atomic E-state index is 13.5. The van der Waals surface area contributed by atoms with Crippen LogP contribution in [0.2, 0.25) is 0 Å². The number of benzene rings is 3. The van der Waals surface area contributed by atoms with Gasteiger partial charge in [0.15, 0.2) is 5.78 Å². The summed E-state index contributed by atoms with van der Waals surface area (Å²) in [6.07, 6.45) is 4.37. The second kappa shape index (κ2) is 9.29. The molecule has 0 bridgehead atoms. The van der Waals surface area contributed by atoms with Gasteiger partial charge in [-0.25, -0.2) is 0 Å². The van der Waals surface area contributed by atoms with E-state index < -0.39 is 5.41 Å². The summed E-state index contributed by atoms with van der Waals surface area (Å²) in [4.78, 5) is 13.5. The van der Waals surface area contributed by atoms with Gasteiger partial charge in [-0.15, -0.1) is 0 Å². The first kappa shape index (κ1) is 22.1. The number of rotatable bonds is 8. The highest BCUT2D eigenvalue weighted by molar-refractivity contribution is 6.14. The summed E-state index contributed by atoms with van der Waals surface area (Å²) in [6.45, 7) is 0.337. The van der Waals surface area contributed by atoms with Gasteiger partial charge in [0.05, 0.1) is 18.6 Å². The van der Waals surface area contributed by atoms with Crippen LogP contribution in [0.4, 0.5) is 0 Å². The van der Waals surface area contributed by atoms with Gasteiger partial charge in [-0.2, -0.15) is 0 Å². The molecule has 34 heavy (non-hydrogen) atoms. The first-order chi connectivity index (χ1) is 16.7. The number of ketones is 1. The van der Waals surface area contributed by atoms with Gasteiger partial charge < -0.3 is 19.7 Å². The molecule has 0 fully saturated rings. The molecule has 2 aliphatic rings. The van der Waals surface area contributed by atoms with Crippen molar-refractivity contribution < 1.29 is 24.5 Å². The highest BCUT2D eigenvalue weighted by Gasteiger charge is 2.50. The predicted molar refractivity (Wildman–Crippen MR) is 130 cm³/mol. The zero-order valence-corrected chi connectivity index (χ0v) is 18.7. The second-order valence-corrected chi connectivity index (χ2v) is 8.31. The average molecular weight is 455 g/mol.